The molecule has 1 aromatic carbocycles. The monoisotopic (exact) mass is 403 g/mol. The zero-order chi connectivity index (χ0) is 21.3. The number of H-pyrrole nitrogens is 1. The fraction of sp³-hybridized carbons (Fsp3) is 0.174. The van der Waals surface area contributed by atoms with E-state index in [1.165, 1.54) is 0 Å². The third kappa shape index (κ3) is 3.57. The van der Waals surface area contributed by atoms with Crippen molar-refractivity contribution in [1.29, 1.82) is 0 Å². The summed E-state index contributed by atoms with van der Waals surface area (Å²) in [5, 5.41) is 3.92. The molecule has 7 heteroatoms. The standard InChI is InChI=1S/C23H21N3O4/c1-4-29-23(28)19-20(27)18(11-15-12-25-21-16(15)6-5-9-24-21)30-22(19)26-17-8-7-13(2)10-14(17)3/h5-12,26H,4H2,1-3H3,(H,24,25)/b18-11-. The van der Waals surface area contributed by atoms with Crippen LogP contribution in [0.4, 0.5) is 5.69 Å². The zero-order valence-electron chi connectivity index (χ0n) is 16.9. The first-order valence-electron chi connectivity index (χ1n) is 9.60. The van der Waals surface area contributed by atoms with E-state index < -0.39 is 11.8 Å². The lowest BCUT2D eigenvalue weighted by molar-refractivity contribution is -0.139. The van der Waals surface area contributed by atoms with Crippen LogP contribution >= 0.6 is 0 Å². The highest BCUT2D eigenvalue weighted by Crippen LogP contribution is 2.31. The SMILES string of the molecule is CCOC(=O)C1=C(Nc2ccc(C)cc2C)O/C(=C\c2c[nH]c3ncccc23)C1=O. The van der Waals surface area contributed by atoms with Crippen molar-refractivity contribution in [2.45, 2.75) is 20.8 Å². The Kier molecular flexibility index (Phi) is 5.10. The van der Waals surface area contributed by atoms with Gasteiger partial charge < -0.3 is 19.8 Å². The molecule has 0 saturated heterocycles. The number of esters is 1. The normalized spacial score (nSPS) is 15.0. The Balaban J connectivity index is 1.72. The van der Waals surface area contributed by atoms with Crippen molar-refractivity contribution in [3.8, 4) is 0 Å². The van der Waals surface area contributed by atoms with Crippen molar-refractivity contribution in [3.63, 3.8) is 0 Å². The van der Waals surface area contributed by atoms with Gasteiger partial charge in [0.15, 0.2) is 11.3 Å². The van der Waals surface area contributed by atoms with Crippen LogP contribution in [0.15, 0.2) is 59.9 Å². The number of ketones is 1. The van der Waals surface area contributed by atoms with E-state index in [0.717, 1.165) is 27.8 Å². The highest BCUT2D eigenvalue weighted by atomic mass is 16.5. The molecule has 0 radical (unpaired) electrons. The number of aromatic amines is 1. The highest BCUT2D eigenvalue weighted by molar-refractivity contribution is 6.26. The molecule has 1 aliphatic rings. The average Bonchev–Trinajstić information content (AvgIpc) is 3.26. The largest absolute Gasteiger partial charge is 0.462 e. The molecule has 0 aliphatic carbocycles. The summed E-state index contributed by atoms with van der Waals surface area (Å²) in [4.78, 5) is 32.8. The van der Waals surface area contributed by atoms with Gasteiger partial charge in [-0.3, -0.25) is 4.79 Å². The van der Waals surface area contributed by atoms with Gasteiger partial charge in [0.05, 0.1) is 6.61 Å². The molecule has 7 nitrogen and oxygen atoms in total. The highest BCUT2D eigenvalue weighted by Gasteiger charge is 2.37. The molecule has 0 fully saturated rings. The van der Waals surface area contributed by atoms with E-state index in [-0.39, 0.29) is 23.8 Å². The molecule has 0 amide bonds. The Morgan fingerprint density at radius 3 is 2.90 bits per heavy atom. The average molecular weight is 403 g/mol. The third-order valence-electron chi connectivity index (χ3n) is 4.77. The van der Waals surface area contributed by atoms with Crippen molar-refractivity contribution in [1.82, 2.24) is 9.97 Å². The van der Waals surface area contributed by atoms with Crippen LogP contribution in [0.1, 0.15) is 23.6 Å². The van der Waals surface area contributed by atoms with E-state index in [0.29, 0.717) is 5.65 Å². The topological polar surface area (TPSA) is 93.3 Å². The molecular formula is C23H21N3O4. The van der Waals surface area contributed by atoms with E-state index >= 15 is 0 Å². The summed E-state index contributed by atoms with van der Waals surface area (Å²) in [7, 11) is 0. The van der Waals surface area contributed by atoms with Crippen molar-refractivity contribution in [2.24, 2.45) is 0 Å². The second kappa shape index (κ2) is 7.87. The molecule has 0 atom stereocenters. The van der Waals surface area contributed by atoms with Gasteiger partial charge in [-0.1, -0.05) is 17.7 Å². The molecular weight excluding hydrogens is 382 g/mol. The number of hydrogen-bond acceptors (Lipinski definition) is 6. The molecule has 3 aromatic rings. The number of nitrogens with zero attached hydrogens (tertiary/aromatic N) is 1. The number of pyridine rings is 1. The Hall–Kier alpha value is -3.87. The Bertz CT molecular complexity index is 1220. The number of ether oxygens (including phenoxy) is 2. The minimum atomic E-state index is -0.723. The Labute approximate surface area is 173 Å². The minimum Gasteiger partial charge on any atom is -0.462 e. The molecule has 3 heterocycles. The lowest BCUT2D eigenvalue weighted by atomic mass is 10.1. The van der Waals surface area contributed by atoms with E-state index in [9.17, 15) is 9.59 Å². The number of Topliss-reactive ketones (excluding diaryl/α,β-unsaturated/α-hetero) is 1. The van der Waals surface area contributed by atoms with Crippen molar-refractivity contribution >= 4 is 34.5 Å². The quantitative estimate of drug-likeness (QED) is 0.380. The predicted octanol–water partition coefficient (Wildman–Crippen LogP) is 4.01. The van der Waals surface area contributed by atoms with Crippen LogP contribution in [0.25, 0.3) is 17.1 Å². The lowest BCUT2D eigenvalue weighted by Crippen LogP contribution is -2.16. The minimum absolute atomic E-state index is 0.0371. The molecule has 152 valence electrons. The fourth-order valence-corrected chi connectivity index (χ4v) is 3.32. The number of fused-ring (bicyclic) bond motifs is 1. The van der Waals surface area contributed by atoms with Gasteiger partial charge in [-0.25, -0.2) is 9.78 Å². The van der Waals surface area contributed by atoms with Crippen LogP contribution in [0.3, 0.4) is 0 Å². The Morgan fingerprint density at radius 2 is 2.13 bits per heavy atom. The zero-order valence-corrected chi connectivity index (χ0v) is 16.9. The molecule has 0 spiro atoms. The van der Waals surface area contributed by atoms with Gasteiger partial charge in [0, 0.05) is 29.0 Å². The van der Waals surface area contributed by atoms with E-state index in [1.54, 1.807) is 25.4 Å². The van der Waals surface area contributed by atoms with E-state index in [4.69, 9.17) is 9.47 Å². The summed E-state index contributed by atoms with van der Waals surface area (Å²) >= 11 is 0. The van der Waals surface area contributed by atoms with Gasteiger partial charge in [0.1, 0.15) is 5.65 Å². The number of aryl methyl sites for hydroxylation is 2. The number of anilines is 1. The molecule has 4 rings (SSSR count). The molecule has 30 heavy (non-hydrogen) atoms. The van der Waals surface area contributed by atoms with Crippen LogP contribution in [-0.2, 0) is 19.1 Å². The fourth-order valence-electron chi connectivity index (χ4n) is 3.32. The van der Waals surface area contributed by atoms with E-state index in [1.807, 2.05) is 44.2 Å². The lowest BCUT2D eigenvalue weighted by Gasteiger charge is -2.11. The summed E-state index contributed by atoms with van der Waals surface area (Å²) in [6.07, 6.45) is 5.01. The number of allylic oxidation sites excluding steroid dienone is 1. The number of aromatic nitrogens is 2. The van der Waals surface area contributed by atoms with E-state index in [2.05, 4.69) is 15.3 Å². The summed E-state index contributed by atoms with van der Waals surface area (Å²) in [6.45, 7) is 5.77. The van der Waals surface area contributed by atoms with Crippen LogP contribution < -0.4 is 5.32 Å². The maximum atomic E-state index is 13.0. The number of carbonyl (C=O) groups excluding carboxylic acids is 2. The van der Waals surface area contributed by atoms with Gasteiger partial charge in [-0.2, -0.15) is 0 Å². The molecule has 0 bridgehead atoms. The summed E-state index contributed by atoms with van der Waals surface area (Å²) in [6, 6.07) is 9.51. The van der Waals surface area contributed by atoms with Crippen molar-refractivity contribution in [2.75, 3.05) is 11.9 Å². The first-order chi connectivity index (χ1) is 14.5. The smallest absolute Gasteiger partial charge is 0.347 e. The predicted molar refractivity (Wildman–Crippen MR) is 113 cm³/mol. The number of benzene rings is 1. The molecule has 0 unspecified atom stereocenters. The second-order valence-corrected chi connectivity index (χ2v) is 6.95. The number of rotatable bonds is 5. The Morgan fingerprint density at radius 1 is 1.30 bits per heavy atom. The molecule has 2 aromatic heterocycles. The summed E-state index contributed by atoms with van der Waals surface area (Å²) in [5.41, 5.74) is 4.08. The van der Waals surface area contributed by atoms with Crippen molar-refractivity contribution < 1.29 is 19.1 Å². The van der Waals surface area contributed by atoms with Crippen molar-refractivity contribution in [3.05, 3.63) is 76.6 Å². The van der Waals surface area contributed by atoms with Gasteiger partial charge in [0.2, 0.25) is 11.7 Å². The van der Waals surface area contributed by atoms with Gasteiger partial charge in [-0.15, -0.1) is 0 Å². The number of nitrogens with one attached hydrogen (secondary N) is 2. The third-order valence-corrected chi connectivity index (χ3v) is 4.77. The number of hydrogen-bond donors (Lipinski definition) is 2. The number of carbonyl (C=O) groups is 2. The maximum absolute atomic E-state index is 13.0. The van der Waals surface area contributed by atoms with Gasteiger partial charge in [0.25, 0.3) is 0 Å². The first-order valence-corrected chi connectivity index (χ1v) is 9.60. The van der Waals surface area contributed by atoms with Gasteiger partial charge >= 0.3 is 5.97 Å². The molecule has 1 aliphatic heterocycles. The molecule has 2 N–H and O–H groups in total. The second-order valence-electron chi connectivity index (χ2n) is 6.95. The van der Waals surface area contributed by atoms with Crippen LogP contribution in [0, 0.1) is 13.8 Å². The first kappa shape index (κ1) is 19.4. The summed E-state index contributed by atoms with van der Waals surface area (Å²) in [5.74, 6) is -1.15. The summed E-state index contributed by atoms with van der Waals surface area (Å²) < 4.78 is 10.9. The van der Waals surface area contributed by atoms with Gasteiger partial charge in [-0.05, 0) is 50.6 Å². The van der Waals surface area contributed by atoms with Crippen LogP contribution in [0.5, 0.6) is 0 Å². The van der Waals surface area contributed by atoms with Crippen LogP contribution in [0.2, 0.25) is 0 Å². The molecule has 0 saturated carbocycles. The maximum Gasteiger partial charge on any atom is 0.347 e. The van der Waals surface area contributed by atoms with Crippen LogP contribution in [-0.4, -0.2) is 28.3 Å².